The van der Waals surface area contributed by atoms with Crippen LogP contribution in [0.4, 0.5) is 17.6 Å². The van der Waals surface area contributed by atoms with Crippen LogP contribution in [0, 0.1) is 35.6 Å². The molecule has 44 heavy (non-hydrogen) atoms. The van der Waals surface area contributed by atoms with E-state index in [2.05, 4.69) is 16.9 Å². The first-order chi connectivity index (χ1) is 21.4. The molecule has 0 aliphatic heterocycles. The van der Waals surface area contributed by atoms with Gasteiger partial charge in [0.25, 0.3) is 11.9 Å². The molecule has 7 heteroatoms. The SMILES string of the molecule is CCC(CCCCCOc1ccc(-c2cc3c(c(F)n2)C(F)(F)C(CCCCCCCCCC2CC2)CC3)nc1F)C1CC1. The van der Waals surface area contributed by atoms with Crippen molar-refractivity contribution in [3.05, 3.63) is 41.2 Å². The van der Waals surface area contributed by atoms with Gasteiger partial charge >= 0.3 is 0 Å². The summed E-state index contributed by atoms with van der Waals surface area (Å²) < 4.78 is 66.5. The maximum atomic E-state index is 15.5. The molecular weight excluding hydrogens is 564 g/mol. The lowest BCUT2D eigenvalue weighted by atomic mass is 9.78. The number of unbranched alkanes of at least 4 members (excludes halogenated alkanes) is 8. The zero-order chi connectivity index (χ0) is 30.9. The molecule has 3 aliphatic carbocycles. The van der Waals surface area contributed by atoms with E-state index in [1.54, 1.807) is 0 Å². The molecule has 2 aromatic heterocycles. The fourth-order valence-corrected chi connectivity index (χ4v) is 7.28. The van der Waals surface area contributed by atoms with E-state index in [-0.39, 0.29) is 22.7 Å². The van der Waals surface area contributed by atoms with Gasteiger partial charge < -0.3 is 4.74 Å². The van der Waals surface area contributed by atoms with Crippen LogP contribution in [-0.4, -0.2) is 16.6 Å². The highest BCUT2D eigenvalue weighted by Crippen LogP contribution is 2.48. The molecule has 0 saturated heterocycles. The molecule has 0 spiro atoms. The fourth-order valence-electron chi connectivity index (χ4n) is 7.28. The molecule has 5 rings (SSSR count). The molecule has 2 aromatic rings. The summed E-state index contributed by atoms with van der Waals surface area (Å²) in [6.45, 7) is 2.67. The van der Waals surface area contributed by atoms with E-state index in [1.165, 1.54) is 82.4 Å². The Bertz CT molecular complexity index is 1200. The topological polar surface area (TPSA) is 35.0 Å². The maximum absolute atomic E-state index is 15.5. The van der Waals surface area contributed by atoms with Crippen molar-refractivity contribution in [3.63, 3.8) is 0 Å². The number of halogens is 4. The van der Waals surface area contributed by atoms with Gasteiger partial charge in [0.1, 0.15) is 0 Å². The Balaban J connectivity index is 1.07. The Morgan fingerprint density at radius 3 is 2.16 bits per heavy atom. The third kappa shape index (κ3) is 9.19. The number of aromatic nitrogens is 2. The molecule has 3 nitrogen and oxygen atoms in total. The number of alkyl halides is 2. The van der Waals surface area contributed by atoms with Gasteiger partial charge in [-0.05, 0) is 80.0 Å². The Labute approximate surface area is 262 Å². The average Bonchev–Trinajstić information content (AvgIpc) is 3.93. The average molecular weight is 617 g/mol. The summed E-state index contributed by atoms with van der Waals surface area (Å²) in [5.74, 6) is -3.31. The van der Waals surface area contributed by atoms with Gasteiger partial charge in [-0.25, -0.2) is 18.7 Å². The molecule has 0 N–H and O–H groups in total. The van der Waals surface area contributed by atoms with E-state index >= 15 is 13.2 Å². The highest BCUT2D eigenvalue weighted by Gasteiger charge is 2.47. The first-order valence-electron chi connectivity index (χ1n) is 17.7. The minimum absolute atomic E-state index is 0.0412. The fraction of sp³-hybridized carbons (Fsp3) is 0.730. The molecule has 2 atom stereocenters. The number of pyridine rings is 2. The number of ether oxygens (including phenoxy) is 1. The summed E-state index contributed by atoms with van der Waals surface area (Å²) in [6, 6.07) is 4.44. The lowest BCUT2D eigenvalue weighted by Crippen LogP contribution is -2.33. The number of hydrogen-bond donors (Lipinski definition) is 0. The van der Waals surface area contributed by atoms with Crippen molar-refractivity contribution < 1.29 is 22.3 Å². The largest absolute Gasteiger partial charge is 0.489 e. The molecule has 2 heterocycles. The standard InChI is InChI=1S/C37H52F4N2O/c1-2-27(28-18-19-28)14-10-8-12-24-44-33-23-22-31(42-35(33)38)32-25-29-20-21-30(37(40,41)34(29)36(39)43-32)15-11-7-5-3-4-6-9-13-26-16-17-26/h22-23,25-28,30H,2-21,24H2,1H3. The maximum Gasteiger partial charge on any atom is 0.280 e. The van der Waals surface area contributed by atoms with Crippen LogP contribution in [0.5, 0.6) is 5.75 Å². The number of fused-ring (bicyclic) bond motifs is 1. The number of nitrogens with zero attached hydrogens (tertiary/aromatic N) is 2. The number of rotatable bonds is 20. The Kier molecular flexibility index (Phi) is 12.0. The summed E-state index contributed by atoms with van der Waals surface area (Å²) in [6.07, 6.45) is 21.3. The van der Waals surface area contributed by atoms with Crippen LogP contribution in [0.25, 0.3) is 11.4 Å². The lowest BCUT2D eigenvalue weighted by Gasteiger charge is -2.33. The molecule has 0 aromatic carbocycles. The van der Waals surface area contributed by atoms with Crippen molar-refractivity contribution in [1.29, 1.82) is 0 Å². The Morgan fingerprint density at radius 2 is 1.48 bits per heavy atom. The second-order valence-electron chi connectivity index (χ2n) is 13.9. The van der Waals surface area contributed by atoms with Crippen LogP contribution < -0.4 is 4.74 Å². The highest BCUT2D eigenvalue weighted by atomic mass is 19.3. The monoisotopic (exact) mass is 616 g/mol. The Morgan fingerprint density at radius 1 is 0.795 bits per heavy atom. The van der Waals surface area contributed by atoms with Gasteiger partial charge in [-0.15, -0.1) is 0 Å². The van der Waals surface area contributed by atoms with Crippen molar-refractivity contribution in [2.75, 3.05) is 6.61 Å². The third-order valence-electron chi connectivity index (χ3n) is 10.4. The highest BCUT2D eigenvalue weighted by molar-refractivity contribution is 5.57. The van der Waals surface area contributed by atoms with Gasteiger partial charge in [-0.1, -0.05) is 96.8 Å². The van der Waals surface area contributed by atoms with Crippen LogP contribution in [-0.2, 0) is 12.3 Å². The van der Waals surface area contributed by atoms with Crippen LogP contribution in [0.15, 0.2) is 18.2 Å². The minimum Gasteiger partial charge on any atom is -0.489 e. The van der Waals surface area contributed by atoms with E-state index in [0.717, 1.165) is 62.7 Å². The molecule has 3 aliphatic rings. The summed E-state index contributed by atoms with van der Waals surface area (Å²) in [4.78, 5) is 7.78. The van der Waals surface area contributed by atoms with Gasteiger partial charge in [0.15, 0.2) is 5.75 Å². The predicted octanol–water partition coefficient (Wildman–Crippen LogP) is 11.4. The van der Waals surface area contributed by atoms with Crippen molar-refractivity contribution in [2.24, 2.45) is 23.7 Å². The first kappa shape index (κ1) is 33.2. The summed E-state index contributed by atoms with van der Waals surface area (Å²) in [5, 5.41) is 0. The van der Waals surface area contributed by atoms with Crippen LogP contribution in [0.3, 0.4) is 0 Å². The van der Waals surface area contributed by atoms with Gasteiger partial charge in [0.2, 0.25) is 5.95 Å². The van der Waals surface area contributed by atoms with Gasteiger partial charge in [-0.2, -0.15) is 8.78 Å². The van der Waals surface area contributed by atoms with Crippen molar-refractivity contribution in [1.82, 2.24) is 9.97 Å². The molecule has 2 unspecified atom stereocenters. The normalized spacial score (nSPS) is 20.0. The molecule has 0 radical (unpaired) electrons. The zero-order valence-corrected chi connectivity index (χ0v) is 26.7. The van der Waals surface area contributed by atoms with E-state index in [9.17, 15) is 4.39 Å². The van der Waals surface area contributed by atoms with Gasteiger partial charge in [-0.3, -0.25) is 0 Å². The Hall–Kier alpha value is -2.18. The first-order valence-corrected chi connectivity index (χ1v) is 17.7. The minimum atomic E-state index is -3.27. The van der Waals surface area contributed by atoms with Crippen LogP contribution in [0.1, 0.15) is 140 Å². The van der Waals surface area contributed by atoms with E-state index in [0.29, 0.717) is 25.9 Å². The molecule has 2 saturated carbocycles. The van der Waals surface area contributed by atoms with Crippen molar-refractivity contribution >= 4 is 0 Å². The van der Waals surface area contributed by atoms with E-state index < -0.39 is 29.3 Å². The van der Waals surface area contributed by atoms with Crippen LogP contribution >= 0.6 is 0 Å². The zero-order valence-electron chi connectivity index (χ0n) is 26.7. The summed E-state index contributed by atoms with van der Waals surface area (Å²) in [5.41, 5.74) is -0.162. The second kappa shape index (κ2) is 15.9. The molecule has 2 fully saturated rings. The molecule has 0 amide bonds. The second-order valence-corrected chi connectivity index (χ2v) is 13.9. The molecule has 0 bridgehead atoms. The van der Waals surface area contributed by atoms with Crippen molar-refractivity contribution in [3.8, 4) is 17.1 Å². The van der Waals surface area contributed by atoms with E-state index in [4.69, 9.17) is 4.74 Å². The van der Waals surface area contributed by atoms with Gasteiger partial charge in [0.05, 0.1) is 23.6 Å². The lowest BCUT2D eigenvalue weighted by molar-refractivity contribution is -0.0824. The molecular formula is C37H52F4N2O. The third-order valence-corrected chi connectivity index (χ3v) is 10.4. The van der Waals surface area contributed by atoms with Crippen LogP contribution in [0.2, 0.25) is 0 Å². The van der Waals surface area contributed by atoms with Gasteiger partial charge in [0, 0.05) is 5.92 Å². The molecule has 244 valence electrons. The predicted molar refractivity (Wildman–Crippen MR) is 168 cm³/mol. The quantitative estimate of drug-likeness (QED) is 0.0843. The summed E-state index contributed by atoms with van der Waals surface area (Å²) >= 11 is 0. The summed E-state index contributed by atoms with van der Waals surface area (Å²) in [7, 11) is 0. The van der Waals surface area contributed by atoms with Crippen molar-refractivity contribution in [2.45, 2.75) is 141 Å². The number of aryl methyl sites for hydroxylation is 1. The van der Waals surface area contributed by atoms with E-state index in [1.807, 2.05) is 0 Å². The number of hydrogen-bond acceptors (Lipinski definition) is 3. The smallest absolute Gasteiger partial charge is 0.280 e.